The summed E-state index contributed by atoms with van der Waals surface area (Å²) in [6.45, 7) is -0.0806. The van der Waals surface area contributed by atoms with Crippen LogP contribution in [0.4, 0.5) is 5.69 Å². The van der Waals surface area contributed by atoms with Gasteiger partial charge in [0, 0.05) is 13.6 Å². The smallest absolute Gasteiger partial charge is 0.282 e. The molecule has 7 nitrogen and oxygen atoms in total. The van der Waals surface area contributed by atoms with Crippen LogP contribution in [0.15, 0.2) is 15.5 Å². The van der Waals surface area contributed by atoms with Crippen molar-refractivity contribution < 1.29 is 9.90 Å². The number of aryl methyl sites for hydroxylation is 1. The summed E-state index contributed by atoms with van der Waals surface area (Å²) in [6, 6.07) is 0. The van der Waals surface area contributed by atoms with Crippen LogP contribution in [0, 0.1) is 0 Å². The molecule has 0 fully saturated rings. The highest BCUT2D eigenvalue weighted by molar-refractivity contribution is 9.10. The van der Waals surface area contributed by atoms with Crippen molar-refractivity contribution in [1.29, 1.82) is 0 Å². The second-order valence-corrected chi connectivity index (χ2v) is 3.89. The number of aliphatic hydroxyl groups excluding tert-OH is 1. The summed E-state index contributed by atoms with van der Waals surface area (Å²) in [5.74, 6) is -0.833. The second-order valence-electron chi connectivity index (χ2n) is 3.10. The number of nitrogens with two attached hydrogens (primary N) is 1. The fourth-order valence-electron chi connectivity index (χ4n) is 0.941. The van der Waals surface area contributed by atoms with Crippen molar-refractivity contribution in [3.05, 3.63) is 21.0 Å². The summed E-state index contributed by atoms with van der Waals surface area (Å²) in [5, 5.41) is 15.6. The number of nitrogens with zero attached hydrogens (tertiary/aromatic N) is 2. The Morgan fingerprint density at radius 2 is 2.44 bits per heavy atom. The quantitative estimate of drug-likeness (QED) is 0.645. The molecule has 1 unspecified atom stereocenters. The normalized spacial score (nSPS) is 12.2. The van der Waals surface area contributed by atoms with E-state index in [1.165, 1.54) is 13.2 Å². The van der Waals surface area contributed by atoms with Crippen LogP contribution < -0.4 is 16.6 Å². The molecule has 1 aromatic heterocycles. The average molecular weight is 291 g/mol. The van der Waals surface area contributed by atoms with Gasteiger partial charge in [0.25, 0.3) is 5.56 Å². The zero-order valence-corrected chi connectivity index (χ0v) is 10.1. The summed E-state index contributed by atoms with van der Waals surface area (Å²) >= 11 is 3.08. The minimum Gasteiger partial charge on any atom is -0.381 e. The molecule has 88 valence electrons. The lowest BCUT2D eigenvalue weighted by atomic mass is 10.3. The molecule has 0 aromatic carbocycles. The number of hydrogen-bond donors (Lipinski definition) is 3. The molecule has 0 saturated heterocycles. The Bertz CT molecular complexity index is 459. The van der Waals surface area contributed by atoms with E-state index in [2.05, 4.69) is 26.3 Å². The lowest BCUT2D eigenvalue weighted by Gasteiger charge is -2.10. The summed E-state index contributed by atoms with van der Waals surface area (Å²) in [4.78, 5) is 22.0. The maximum Gasteiger partial charge on any atom is 0.282 e. The van der Waals surface area contributed by atoms with Gasteiger partial charge in [-0.2, -0.15) is 5.10 Å². The van der Waals surface area contributed by atoms with E-state index < -0.39 is 12.0 Å². The predicted octanol–water partition coefficient (Wildman–Crippen LogP) is -1.20. The van der Waals surface area contributed by atoms with Gasteiger partial charge in [0.1, 0.15) is 10.6 Å². The molecule has 0 radical (unpaired) electrons. The van der Waals surface area contributed by atoms with Crippen molar-refractivity contribution in [3.63, 3.8) is 0 Å². The lowest BCUT2D eigenvalue weighted by Crippen LogP contribution is -2.34. The number of amides is 1. The number of rotatable bonds is 4. The third-order valence-electron chi connectivity index (χ3n) is 1.89. The lowest BCUT2D eigenvalue weighted by molar-refractivity contribution is -0.125. The molecule has 0 bridgehead atoms. The number of nitrogens with one attached hydrogen (secondary N) is 1. The minimum atomic E-state index is -1.31. The molecular weight excluding hydrogens is 280 g/mol. The first-order valence-electron chi connectivity index (χ1n) is 4.36. The topological polar surface area (TPSA) is 110 Å². The van der Waals surface area contributed by atoms with Gasteiger partial charge in [0.15, 0.2) is 0 Å². The van der Waals surface area contributed by atoms with Crippen LogP contribution >= 0.6 is 15.9 Å². The van der Waals surface area contributed by atoms with Crippen LogP contribution in [0.2, 0.25) is 0 Å². The molecule has 8 heteroatoms. The highest BCUT2D eigenvalue weighted by Gasteiger charge is 2.12. The number of aromatic nitrogens is 2. The van der Waals surface area contributed by atoms with Crippen molar-refractivity contribution in [2.24, 2.45) is 12.8 Å². The molecule has 0 saturated carbocycles. The Labute approximate surface area is 99.4 Å². The Morgan fingerprint density at radius 3 is 3.00 bits per heavy atom. The van der Waals surface area contributed by atoms with Gasteiger partial charge in [-0.25, -0.2) is 4.68 Å². The zero-order chi connectivity index (χ0) is 12.3. The van der Waals surface area contributed by atoms with Gasteiger partial charge < -0.3 is 16.2 Å². The van der Waals surface area contributed by atoms with Gasteiger partial charge in [-0.05, 0) is 15.9 Å². The molecule has 1 rings (SSSR count). The number of hydrogen-bond acceptors (Lipinski definition) is 5. The zero-order valence-electron chi connectivity index (χ0n) is 8.48. The maximum absolute atomic E-state index is 11.4. The van der Waals surface area contributed by atoms with E-state index in [0.29, 0.717) is 5.69 Å². The van der Waals surface area contributed by atoms with Crippen LogP contribution in [0.5, 0.6) is 0 Å². The van der Waals surface area contributed by atoms with Crippen LogP contribution in [0.25, 0.3) is 0 Å². The average Bonchev–Trinajstić information content (AvgIpc) is 2.24. The molecule has 1 atom stereocenters. The monoisotopic (exact) mass is 290 g/mol. The number of carbonyl (C=O) groups is 1. The Morgan fingerprint density at radius 1 is 1.81 bits per heavy atom. The number of anilines is 1. The van der Waals surface area contributed by atoms with Crippen LogP contribution in [-0.2, 0) is 11.8 Å². The van der Waals surface area contributed by atoms with Crippen molar-refractivity contribution in [2.45, 2.75) is 6.10 Å². The minimum absolute atomic E-state index is 0.0806. The van der Waals surface area contributed by atoms with Gasteiger partial charge in [-0.15, -0.1) is 0 Å². The third-order valence-corrected chi connectivity index (χ3v) is 2.66. The van der Waals surface area contributed by atoms with Gasteiger partial charge in [0.05, 0.1) is 11.9 Å². The SMILES string of the molecule is Cn1ncc(NCC(O)C(N)=O)c(Br)c1=O. The van der Waals surface area contributed by atoms with Gasteiger partial charge in [-0.3, -0.25) is 9.59 Å². The Balaban J connectivity index is 2.80. The summed E-state index contributed by atoms with van der Waals surface area (Å²) in [5.41, 5.74) is 4.94. The molecule has 0 spiro atoms. The number of aliphatic hydroxyl groups is 1. The number of primary amides is 1. The molecule has 16 heavy (non-hydrogen) atoms. The molecular formula is C8H11BrN4O3. The molecule has 4 N–H and O–H groups in total. The summed E-state index contributed by atoms with van der Waals surface area (Å²) in [7, 11) is 1.51. The van der Waals surface area contributed by atoms with Crippen molar-refractivity contribution >= 4 is 27.5 Å². The standard InChI is InChI=1S/C8H11BrN4O3/c1-13-8(16)6(9)4(2-12-13)11-3-5(14)7(10)15/h2,5,11,14H,3H2,1H3,(H2,10,15). The largest absolute Gasteiger partial charge is 0.381 e. The van der Waals surface area contributed by atoms with E-state index in [0.717, 1.165) is 4.68 Å². The van der Waals surface area contributed by atoms with Gasteiger partial charge in [0.2, 0.25) is 5.91 Å². The second kappa shape index (κ2) is 5.08. The first-order valence-corrected chi connectivity index (χ1v) is 5.16. The highest BCUT2D eigenvalue weighted by Crippen LogP contribution is 2.15. The van der Waals surface area contributed by atoms with Crippen molar-refractivity contribution in [1.82, 2.24) is 9.78 Å². The van der Waals surface area contributed by atoms with Crippen LogP contribution in [0.1, 0.15) is 0 Å². The fraction of sp³-hybridized carbons (Fsp3) is 0.375. The predicted molar refractivity (Wildman–Crippen MR) is 60.9 cm³/mol. The Hall–Kier alpha value is -1.41. The van der Waals surface area contributed by atoms with Gasteiger partial charge >= 0.3 is 0 Å². The maximum atomic E-state index is 11.4. The van der Waals surface area contributed by atoms with Crippen LogP contribution in [-0.4, -0.2) is 33.4 Å². The van der Waals surface area contributed by atoms with E-state index >= 15 is 0 Å². The van der Waals surface area contributed by atoms with Gasteiger partial charge in [-0.1, -0.05) is 0 Å². The van der Waals surface area contributed by atoms with E-state index in [1.807, 2.05) is 0 Å². The fourth-order valence-corrected chi connectivity index (χ4v) is 1.44. The van der Waals surface area contributed by atoms with Crippen molar-refractivity contribution in [3.8, 4) is 0 Å². The van der Waals surface area contributed by atoms with E-state index in [4.69, 9.17) is 10.8 Å². The molecule has 1 amide bonds. The van der Waals surface area contributed by atoms with E-state index in [-0.39, 0.29) is 16.6 Å². The molecule has 0 aliphatic carbocycles. The molecule has 1 heterocycles. The summed E-state index contributed by atoms with van der Waals surface area (Å²) in [6.07, 6.45) is 0.0927. The van der Waals surface area contributed by atoms with E-state index in [9.17, 15) is 9.59 Å². The first-order chi connectivity index (χ1) is 7.43. The molecule has 1 aromatic rings. The molecule has 0 aliphatic rings. The molecule has 0 aliphatic heterocycles. The Kier molecular flexibility index (Phi) is 4.02. The highest BCUT2D eigenvalue weighted by atomic mass is 79.9. The first kappa shape index (κ1) is 12.7. The number of halogens is 1. The van der Waals surface area contributed by atoms with Crippen molar-refractivity contribution in [2.75, 3.05) is 11.9 Å². The van der Waals surface area contributed by atoms with Crippen LogP contribution in [0.3, 0.4) is 0 Å². The van der Waals surface area contributed by atoms with E-state index in [1.54, 1.807) is 0 Å². The summed E-state index contributed by atoms with van der Waals surface area (Å²) < 4.78 is 1.43. The number of carbonyl (C=O) groups excluding carboxylic acids is 1. The third kappa shape index (κ3) is 2.80.